The summed E-state index contributed by atoms with van der Waals surface area (Å²) >= 11 is 1.53. The molecule has 1 saturated heterocycles. The van der Waals surface area contributed by atoms with Crippen molar-refractivity contribution >= 4 is 28.9 Å². The number of hydrogen-bond acceptors (Lipinski definition) is 7. The summed E-state index contributed by atoms with van der Waals surface area (Å²) < 4.78 is 39.0. The predicted octanol–water partition coefficient (Wildman–Crippen LogP) is 4.51. The fourth-order valence-electron chi connectivity index (χ4n) is 4.03. The van der Waals surface area contributed by atoms with Crippen LogP contribution in [0.3, 0.4) is 0 Å². The largest absolute Gasteiger partial charge is 0.433 e. The maximum Gasteiger partial charge on any atom is 0.433 e. The SMILES string of the molecule is Cc1cc(Nc2nccc(C(F)(F)F)n2)cc(-c2cnc(C3(CN)CCC(=O)N(C)CC3)s2)c1. The topological polar surface area (TPSA) is 97.0 Å². The van der Waals surface area contributed by atoms with Crippen LogP contribution in [-0.4, -0.2) is 45.9 Å². The Hall–Kier alpha value is -3.05. The van der Waals surface area contributed by atoms with Crippen LogP contribution in [0.2, 0.25) is 0 Å². The molecule has 1 aromatic carbocycles. The van der Waals surface area contributed by atoms with Crippen molar-refractivity contribution in [1.29, 1.82) is 0 Å². The lowest BCUT2D eigenvalue weighted by Gasteiger charge is -2.28. The van der Waals surface area contributed by atoms with Gasteiger partial charge in [0.15, 0.2) is 0 Å². The molecule has 180 valence electrons. The second-order valence-electron chi connectivity index (χ2n) is 8.56. The number of carbonyl (C=O) groups is 1. The number of likely N-dealkylation sites (tertiary alicyclic amines) is 1. The first-order valence-electron chi connectivity index (χ1n) is 10.8. The zero-order valence-corrected chi connectivity index (χ0v) is 19.6. The fraction of sp³-hybridized carbons (Fsp3) is 0.391. The van der Waals surface area contributed by atoms with E-state index in [0.717, 1.165) is 39.7 Å². The Bertz CT molecular complexity index is 1200. The lowest BCUT2D eigenvalue weighted by atomic mass is 9.81. The van der Waals surface area contributed by atoms with Gasteiger partial charge in [0.25, 0.3) is 0 Å². The zero-order chi connectivity index (χ0) is 24.5. The number of aryl methyl sites for hydroxylation is 1. The summed E-state index contributed by atoms with van der Waals surface area (Å²) in [6.45, 7) is 2.92. The van der Waals surface area contributed by atoms with Gasteiger partial charge in [-0.2, -0.15) is 13.2 Å². The minimum absolute atomic E-state index is 0.110. The number of anilines is 2. The van der Waals surface area contributed by atoms with Gasteiger partial charge in [0.2, 0.25) is 11.9 Å². The molecular weight excluding hydrogens is 465 g/mol. The maximum atomic E-state index is 13.0. The normalized spacial score (nSPS) is 19.2. The van der Waals surface area contributed by atoms with E-state index in [1.807, 2.05) is 25.1 Å². The Morgan fingerprint density at radius 3 is 2.76 bits per heavy atom. The standard InChI is InChI=1S/C23H25F3N6OS/c1-14-9-15(11-16(10-14)30-21-28-7-4-18(31-21)23(24,25)26)17-12-29-20(34-17)22(13-27)5-3-19(33)32(2)8-6-22/h4,7,9-12H,3,5-6,8,13,27H2,1-2H3,(H,28,30,31). The second-order valence-corrected chi connectivity index (χ2v) is 9.59. The van der Waals surface area contributed by atoms with E-state index in [0.29, 0.717) is 31.6 Å². The maximum absolute atomic E-state index is 13.0. The van der Waals surface area contributed by atoms with Crippen LogP contribution in [0.25, 0.3) is 10.4 Å². The molecule has 0 aliphatic carbocycles. The molecular formula is C23H25F3N6OS. The third-order valence-corrected chi connectivity index (χ3v) is 7.38. The number of halogens is 3. The van der Waals surface area contributed by atoms with E-state index >= 15 is 0 Å². The van der Waals surface area contributed by atoms with Crippen molar-refractivity contribution in [2.24, 2.45) is 5.73 Å². The highest BCUT2D eigenvalue weighted by molar-refractivity contribution is 7.15. The highest BCUT2D eigenvalue weighted by atomic mass is 32.1. The molecule has 3 N–H and O–H groups in total. The number of rotatable bonds is 5. The average Bonchev–Trinajstić information content (AvgIpc) is 3.24. The van der Waals surface area contributed by atoms with Crippen molar-refractivity contribution in [3.63, 3.8) is 0 Å². The van der Waals surface area contributed by atoms with Crippen LogP contribution < -0.4 is 11.1 Å². The minimum Gasteiger partial charge on any atom is -0.346 e. The average molecular weight is 491 g/mol. The van der Waals surface area contributed by atoms with Gasteiger partial charge in [-0.15, -0.1) is 11.3 Å². The Labute approximate surface area is 199 Å². The number of hydrogen-bond donors (Lipinski definition) is 2. The molecule has 0 spiro atoms. The molecule has 11 heteroatoms. The Balaban J connectivity index is 1.61. The predicted molar refractivity (Wildman–Crippen MR) is 125 cm³/mol. The van der Waals surface area contributed by atoms with Crippen molar-refractivity contribution < 1.29 is 18.0 Å². The first-order chi connectivity index (χ1) is 16.1. The van der Waals surface area contributed by atoms with Crippen molar-refractivity contribution in [3.8, 4) is 10.4 Å². The Morgan fingerprint density at radius 1 is 1.24 bits per heavy atom. The van der Waals surface area contributed by atoms with E-state index in [1.54, 1.807) is 18.1 Å². The van der Waals surface area contributed by atoms with Gasteiger partial charge in [-0.25, -0.2) is 15.0 Å². The number of benzene rings is 1. The Kier molecular flexibility index (Phi) is 6.59. The van der Waals surface area contributed by atoms with Gasteiger partial charge in [0.05, 0.1) is 4.88 Å². The number of alkyl halides is 3. The van der Waals surface area contributed by atoms with Crippen LogP contribution in [0.5, 0.6) is 0 Å². The highest BCUT2D eigenvalue weighted by Gasteiger charge is 2.37. The molecule has 0 bridgehead atoms. The molecule has 4 rings (SSSR count). The van der Waals surface area contributed by atoms with Gasteiger partial charge < -0.3 is 16.0 Å². The van der Waals surface area contributed by atoms with E-state index in [-0.39, 0.29) is 17.3 Å². The van der Waals surface area contributed by atoms with Crippen LogP contribution in [0, 0.1) is 6.92 Å². The number of amides is 1. The van der Waals surface area contributed by atoms with E-state index in [9.17, 15) is 18.0 Å². The molecule has 2 aromatic heterocycles. The number of thiazole rings is 1. The van der Waals surface area contributed by atoms with Crippen molar-refractivity contribution in [2.75, 3.05) is 25.5 Å². The lowest BCUT2D eigenvalue weighted by molar-refractivity contribution is -0.141. The van der Waals surface area contributed by atoms with Crippen molar-refractivity contribution in [2.45, 2.75) is 37.8 Å². The molecule has 1 amide bonds. The van der Waals surface area contributed by atoms with Gasteiger partial charge in [-0.05, 0) is 49.1 Å². The summed E-state index contributed by atoms with van der Waals surface area (Å²) in [4.78, 5) is 27.0. The quantitative estimate of drug-likeness (QED) is 0.546. The summed E-state index contributed by atoms with van der Waals surface area (Å²) in [6, 6.07) is 6.45. The number of nitrogens with two attached hydrogens (primary N) is 1. The van der Waals surface area contributed by atoms with Crippen LogP contribution in [-0.2, 0) is 16.4 Å². The molecule has 1 fully saturated rings. The van der Waals surface area contributed by atoms with Crippen molar-refractivity contribution in [1.82, 2.24) is 19.9 Å². The van der Waals surface area contributed by atoms with Crippen LogP contribution >= 0.6 is 11.3 Å². The number of carbonyl (C=O) groups excluding carboxylic acids is 1. The van der Waals surface area contributed by atoms with Gasteiger partial charge in [-0.1, -0.05) is 6.07 Å². The molecule has 0 saturated carbocycles. The van der Waals surface area contributed by atoms with Crippen molar-refractivity contribution in [3.05, 3.63) is 52.9 Å². The summed E-state index contributed by atoms with van der Waals surface area (Å²) in [5.74, 6) is -0.0241. The molecule has 7 nitrogen and oxygen atoms in total. The van der Waals surface area contributed by atoms with Gasteiger partial charge in [-0.3, -0.25) is 4.79 Å². The summed E-state index contributed by atoms with van der Waals surface area (Å²) in [7, 11) is 1.80. The molecule has 1 unspecified atom stereocenters. The third-order valence-electron chi connectivity index (χ3n) is 6.08. The Morgan fingerprint density at radius 2 is 2.03 bits per heavy atom. The second kappa shape index (κ2) is 9.30. The molecule has 34 heavy (non-hydrogen) atoms. The van der Waals surface area contributed by atoms with Gasteiger partial charge in [0.1, 0.15) is 10.7 Å². The van der Waals surface area contributed by atoms with Crippen LogP contribution in [0.15, 0.2) is 36.7 Å². The van der Waals surface area contributed by atoms with Crippen LogP contribution in [0.1, 0.15) is 35.5 Å². The fourth-order valence-corrected chi connectivity index (χ4v) is 5.19. The molecule has 1 aliphatic heterocycles. The first-order valence-corrected chi connectivity index (χ1v) is 11.6. The van der Waals surface area contributed by atoms with E-state index in [1.165, 1.54) is 11.3 Å². The molecule has 3 heterocycles. The van der Waals surface area contributed by atoms with E-state index < -0.39 is 11.9 Å². The summed E-state index contributed by atoms with van der Waals surface area (Å²) in [5.41, 5.74) is 7.17. The van der Waals surface area contributed by atoms with Gasteiger partial charge >= 0.3 is 6.18 Å². The number of nitrogens with zero attached hydrogens (tertiary/aromatic N) is 4. The first kappa shape index (κ1) is 24.1. The monoisotopic (exact) mass is 490 g/mol. The van der Waals surface area contributed by atoms with E-state index in [2.05, 4.69) is 20.3 Å². The van der Waals surface area contributed by atoms with E-state index in [4.69, 9.17) is 5.73 Å². The lowest BCUT2D eigenvalue weighted by Crippen LogP contribution is -2.36. The summed E-state index contributed by atoms with van der Waals surface area (Å²) in [5, 5.41) is 3.77. The minimum atomic E-state index is -4.55. The highest BCUT2D eigenvalue weighted by Crippen LogP contribution is 2.40. The van der Waals surface area contributed by atoms with Gasteiger partial charge in [0, 0.05) is 50.1 Å². The third kappa shape index (κ3) is 5.05. The molecule has 1 atom stereocenters. The summed E-state index contributed by atoms with van der Waals surface area (Å²) in [6.07, 6.45) is 0.128. The molecule has 0 radical (unpaired) electrons. The number of aromatic nitrogens is 3. The molecule has 3 aromatic rings. The van der Waals surface area contributed by atoms with Crippen LogP contribution in [0.4, 0.5) is 24.8 Å². The smallest absolute Gasteiger partial charge is 0.346 e. The molecule has 1 aliphatic rings. The zero-order valence-electron chi connectivity index (χ0n) is 18.8. The number of nitrogens with one attached hydrogen (secondary N) is 1.